The van der Waals surface area contributed by atoms with Gasteiger partial charge in [0.2, 0.25) is 5.95 Å². The first-order valence-corrected chi connectivity index (χ1v) is 13.3. The van der Waals surface area contributed by atoms with Crippen molar-refractivity contribution in [1.82, 2.24) is 9.97 Å². The summed E-state index contributed by atoms with van der Waals surface area (Å²) in [6, 6.07) is 15.4. The van der Waals surface area contributed by atoms with Crippen LogP contribution in [0.5, 0.6) is 11.5 Å². The Kier molecular flexibility index (Phi) is 8.25. The third-order valence-electron chi connectivity index (χ3n) is 6.47. The number of nitrogens with one attached hydrogen (secondary N) is 1. The number of anilines is 3. The number of benzene rings is 2. The van der Waals surface area contributed by atoms with E-state index in [1.54, 1.807) is 12.3 Å². The lowest BCUT2D eigenvalue weighted by molar-refractivity contribution is 0.217. The molecule has 2 aromatic carbocycles. The Hall–Kier alpha value is -3.52. The van der Waals surface area contributed by atoms with Gasteiger partial charge in [-0.3, -0.25) is 5.43 Å². The van der Waals surface area contributed by atoms with Gasteiger partial charge in [0.1, 0.15) is 30.5 Å². The number of ether oxygens (including phenoxy) is 2. The molecular formula is C28H33ClN6O2. The Morgan fingerprint density at radius 1 is 0.919 bits per heavy atom. The summed E-state index contributed by atoms with van der Waals surface area (Å²) in [6.45, 7) is 6.89. The van der Waals surface area contributed by atoms with Crippen LogP contribution < -0.4 is 24.7 Å². The highest BCUT2D eigenvalue weighted by molar-refractivity contribution is 6.30. The van der Waals surface area contributed by atoms with Gasteiger partial charge in [-0.2, -0.15) is 15.1 Å². The molecule has 1 aromatic heterocycles. The minimum absolute atomic E-state index is 0.397. The molecule has 0 aliphatic carbocycles. The zero-order valence-corrected chi connectivity index (χ0v) is 22.0. The lowest BCUT2D eigenvalue weighted by Gasteiger charge is -2.21. The number of aromatic nitrogens is 2. The predicted octanol–water partition coefficient (Wildman–Crippen LogP) is 5.54. The second-order valence-electron chi connectivity index (χ2n) is 9.37. The van der Waals surface area contributed by atoms with Crippen molar-refractivity contribution in [3.8, 4) is 11.5 Å². The van der Waals surface area contributed by atoms with Crippen LogP contribution in [0.4, 0.5) is 17.6 Å². The Bertz CT molecular complexity index is 1190. The molecule has 0 unspecified atom stereocenters. The van der Waals surface area contributed by atoms with E-state index in [2.05, 4.69) is 20.3 Å². The molecule has 2 aliphatic heterocycles. The summed E-state index contributed by atoms with van der Waals surface area (Å²) in [5, 5.41) is 5.07. The SMILES string of the molecule is Cc1cccc(OCCOc2ccc(Cl)cc2/C=N/Nc2cc(N3CCCC3)nc(N3CCCC3)n2)c1. The molecule has 0 atom stereocenters. The maximum atomic E-state index is 6.26. The maximum Gasteiger partial charge on any atom is 0.229 e. The number of rotatable bonds is 10. The molecule has 5 rings (SSSR count). The van der Waals surface area contributed by atoms with Crippen LogP contribution in [0, 0.1) is 6.92 Å². The lowest BCUT2D eigenvalue weighted by Crippen LogP contribution is -2.24. The van der Waals surface area contributed by atoms with E-state index in [0.717, 1.165) is 54.8 Å². The fourth-order valence-electron chi connectivity index (χ4n) is 4.58. The third kappa shape index (κ3) is 6.83. The molecule has 2 aliphatic rings. The maximum absolute atomic E-state index is 6.26. The van der Waals surface area contributed by atoms with Crippen molar-refractivity contribution in [1.29, 1.82) is 0 Å². The van der Waals surface area contributed by atoms with Gasteiger partial charge >= 0.3 is 0 Å². The zero-order valence-electron chi connectivity index (χ0n) is 21.2. The standard InChI is InChI=1S/C28H33ClN6O2/c1-21-7-6-8-24(17-21)36-15-16-37-25-10-9-23(29)18-22(25)20-30-33-26-19-27(34-11-2-3-12-34)32-28(31-26)35-13-4-5-14-35/h6-10,17-20H,2-5,11-16H2,1H3,(H,31,32,33)/b30-20+. The molecule has 2 fully saturated rings. The van der Waals surface area contributed by atoms with Crippen molar-refractivity contribution < 1.29 is 9.47 Å². The first-order valence-electron chi connectivity index (χ1n) is 12.9. The van der Waals surface area contributed by atoms with Crippen LogP contribution in [0.1, 0.15) is 36.8 Å². The van der Waals surface area contributed by atoms with Crippen LogP contribution in [-0.4, -0.2) is 55.6 Å². The molecule has 0 bridgehead atoms. The van der Waals surface area contributed by atoms with Crippen molar-refractivity contribution in [3.63, 3.8) is 0 Å². The summed E-state index contributed by atoms with van der Waals surface area (Å²) < 4.78 is 11.8. The molecule has 0 amide bonds. The number of hydrogen-bond donors (Lipinski definition) is 1. The Labute approximate surface area is 223 Å². The Morgan fingerprint density at radius 2 is 1.68 bits per heavy atom. The van der Waals surface area contributed by atoms with E-state index in [1.165, 1.54) is 25.7 Å². The average molecular weight is 521 g/mol. The van der Waals surface area contributed by atoms with Gasteiger partial charge in [0.05, 0.1) is 6.21 Å². The quantitative estimate of drug-likeness (QED) is 0.213. The smallest absolute Gasteiger partial charge is 0.229 e. The van der Waals surface area contributed by atoms with E-state index < -0.39 is 0 Å². The fourth-order valence-corrected chi connectivity index (χ4v) is 4.76. The second kappa shape index (κ2) is 12.1. The molecule has 2 saturated heterocycles. The summed E-state index contributed by atoms with van der Waals surface area (Å²) in [4.78, 5) is 14.2. The van der Waals surface area contributed by atoms with Crippen LogP contribution >= 0.6 is 11.6 Å². The molecule has 0 spiro atoms. The Balaban J connectivity index is 1.25. The zero-order chi connectivity index (χ0) is 25.5. The molecule has 1 N–H and O–H groups in total. The Morgan fingerprint density at radius 3 is 2.46 bits per heavy atom. The number of aryl methyl sites for hydroxylation is 1. The van der Waals surface area contributed by atoms with Crippen LogP contribution in [0.3, 0.4) is 0 Å². The third-order valence-corrected chi connectivity index (χ3v) is 6.71. The first-order chi connectivity index (χ1) is 18.1. The molecule has 3 aromatic rings. The van der Waals surface area contributed by atoms with Gasteiger partial charge in [-0.05, 0) is 68.5 Å². The summed E-state index contributed by atoms with van der Waals surface area (Å²) >= 11 is 6.26. The largest absolute Gasteiger partial charge is 0.490 e. The summed E-state index contributed by atoms with van der Waals surface area (Å²) in [5.41, 5.74) is 5.03. The van der Waals surface area contributed by atoms with Crippen molar-refractivity contribution in [3.05, 3.63) is 64.7 Å². The van der Waals surface area contributed by atoms with Crippen molar-refractivity contribution in [2.75, 3.05) is 54.6 Å². The van der Waals surface area contributed by atoms with Gasteiger partial charge < -0.3 is 19.3 Å². The van der Waals surface area contributed by atoms with Gasteiger partial charge in [0, 0.05) is 42.8 Å². The summed E-state index contributed by atoms with van der Waals surface area (Å²) in [5.74, 6) is 3.90. The fraction of sp³-hybridized carbons (Fsp3) is 0.393. The highest BCUT2D eigenvalue weighted by Gasteiger charge is 2.20. The summed E-state index contributed by atoms with van der Waals surface area (Å²) in [7, 11) is 0. The van der Waals surface area contributed by atoms with E-state index in [0.29, 0.717) is 29.8 Å². The second-order valence-corrected chi connectivity index (χ2v) is 9.80. The van der Waals surface area contributed by atoms with Gasteiger partial charge in [0.15, 0.2) is 5.82 Å². The first kappa shape index (κ1) is 25.1. The van der Waals surface area contributed by atoms with E-state index in [1.807, 2.05) is 49.4 Å². The van der Waals surface area contributed by atoms with Crippen LogP contribution in [-0.2, 0) is 0 Å². The number of halogens is 1. The van der Waals surface area contributed by atoms with Gasteiger partial charge in [-0.1, -0.05) is 23.7 Å². The average Bonchev–Trinajstić information content (AvgIpc) is 3.63. The van der Waals surface area contributed by atoms with Crippen LogP contribution in [0.15, 0.2) is 53.6 Å². The molecule has 0 radical (unpaired) electrons. The number of nitrogens with zero attached hydrogens (tertiary/aromatic N) is 5. The van der Waals surface area contributed by atoms with Crippen molar-refractivity contribution in [2.24, 2.45) is 5.10 Å². The minimum atomic E-state index is 0.397. The minimum Gasteiger partial charge on any atom is -0.490 e. The van der Waals surface area contributed by atoms with E-state index in [9.17, 15) is 0 Å². The molecule has 9 heteroatoms. The monoisotopic (exact) mass is 520 g/mol. The van der Waals surface area contributed by atoms with Crippen LogP contribution in [0.25, 0.3) is 0 Å². The lowest BCUT2D eigenvalue weighted by atomic mass is 10.2. The highest BCUT2D eigenvalue weighted by atomic mass is 35.5. The van der Waals surface area contributed by atoms with Gasteiger partial charge in [0.25, 0.3) is 0 Å². The van der Waals surface area contributed by atoms with Gasteiger partial charge in [-0.15, -0.1) is 0 Å². The van der Waals surface area contributed by atoms with Crippen LogP contribution in [0.2, 0.25) is 5.02 Å². The molecule has 0 saturated carbocycles. The molecule has 37 heavy (non-hydrogen) atoms. The molecular weight excluding hydrogens is 488 g/mol. The molecule has 194 valence electrons. The van der Waals surface area contributed by atoms with E-state index in [-0.39, 0.29) is 0 Å². The van der Waals surface area contributed by atoms with E-state index >= 15 is 0 Å². The molecule has 8 nitrogen and oxygen atoms in total. The number of hydrogen-bond acceptors (Lipinski definition) is 8. The van der Waals surface area contributed by atoms with Gasteiger partial charge in [-0.25, -0.2) is 0 Å². The van der Waals surface area contributed by atoms with Crippen molar-refractivity contribution in [2.45, 2.75) is 32.6 Å². The van der Waals surface area contributed by atoms with E-state index in [4.69, 9.17) is 31.0 Å². The molecule has 3 heterocycles. The summed E-state index contributed by atoms with van der Waals surface area (Å²) in [6.07, 6.45) is 6.43. The topological polar surface area (TPSA) is 75.1 Å². The van der Waals surface area contributed by atoms with Crippen molar-refractivity contribution >= 4 is 35.4 Å². The normalized spacial score (nSPS) is 15.5. The highest BCUT2D eigenvalue weighted by Crippen LogP contribution is 2.26. The number of hydrazone groups is 1. The predicted molar refractivity (Wildman–Crippen MR) is 150 cm³/mol.